The van der Waals surface area contributed by atoms with Crippen LogP contribution in [0.1, 0.15) is 0 Å². The Bertz CT molecular complexity index is 1970. The predicted molar refractivity (Wildman–Crippen MR) is 151 cm³/mol. The summed E-state index contributed by atoms with van der Waals surface area (Å²) in [5.74, 6) is 1.72. The quantitative estimate of drug-likeness (QED) is 0.249. The van der Waals surface area contributed by atoms with Crippen LogP contribution in [0.2, 0.25) is 0 Å². The molecule has 0 saturated heterocycles. The predicted octanol–water partition coefficient (Wildman–Crippen LogP) is 9.98. The van der Waals surface area contributed by atoms with Crippen LogP contribution in [0.15, 0.2) is 132 Å². The lowest BCUT2D eigenvalue weighted by Crippen LogP contribution is -2.16. The SMILES string of the molecule is c1ccc(N2c3cc(-c4ccc5oc6ccccc6c5c4)ccc3Oc3c2ccc2ccccc32)cc1. The standard InChI is InChI=1S/C34H21NO2/c1-2-9-25(10-3-1)35-29-17-14-22-8-4-5-11-26(22)34(29)37-33-19-16-24(21-30(33)35)23-15-18-32-28(20-23)27-12-6-7-13-31(27)36-32/h1-21H. The van der Waals surface area contributed by atoms with E-state index in [4.69, 9.17) is 9.15 Å². The summed E-state index contributed by atoms with van der Waals surface area (Å²) in [5.41, 5.74) is 7.22. The van der Waals surface area contributed by atoms with Crippen molar-refractivity contribution in [1.29, 1.82) is 0 Å². The van der Waals surface area contributed by atoms with Crippen molar-refractivity contribution in [3.05, 3.63) is 127 Å². The van der Waals surface area contributed by atoms with Crippen molar-refractivity contribution < 1.29 is 9.15 Å². The first kappa shape index (κ1) is 20.2. The summed E-state index contributed by atoms with van der Waals surface area (Å²) in [4.78, 5) is 2.30. The molecule has 0 aliphatic carbocycles. The molecule has 3 nitrogen and oxygen atoms in total. The summed E-state index contributed by atoms with van der Waals surface area (Å²) in [5, 5.41) is 4.52. The molecule has 0 saturated carbocycles. The largest absolute Gasteiger partial charge is 0.456 e. The highest BCUT2D eigenvalue weighted by Crippen LogP contribution is 2.53. The lowest BCUT2D eigenvalue weighted by Gasteiger charge is -2.34. The topological polar surface area (TPSA) is 25.6 Å². The van der Waals surface area contributed by atoms with Gasteiger partial charge in [0.2, 0.25) is 0 Å². The number of nitrogens with zero attached hydrogens (tertiary/aromatic N) is 1. The first-order chi connectivity index (χ1) is 18.3. The van der Waals surface area contributed by atoms with E-state index in [0.717, 1.165) is 72.4 Å². The van der Waals surface area contributed by atoms with Crippen molar-refractivity contribution >= 4 is 49.8 Å². The van der Waals surface area contributed by atoms with Gasteiger partial charge >= 0.3 is 0 Å². The highest BCUT2D eigenvalue weighted by atomic mass is 16.5. The molecule has 0 unspecified atom stereocenters. The minimum atomic E-state index is 0.839. The Kier molecular flexibility index (Phi) is 4.23. The van der Waals surface area contributed by atoms with Gasteiger partial charge in [0, 0.05) is 21.8 Å². The zero-order chi connectivity index (χ0) is 24.3. The van der Waals surface area contributed by atoms with E-state index < -0.39 is 0 Å². The Morgan fingerprint density at radius 2 is 1.22 bits per heavy atom. The summed E-state index contributed by atoms with van der Waals surface area (Å²) < 4.78 is 12.6. The second-order valence-corrected chi connectivity index (χ2v) is 9.40. The van der Waals surface area contributed by atoms with Crippen molar-refractivity contribution in [2.75, 3.05) is 4.90 Å². The first-order valence-electron chi connectivity index (χ1n) is 12.4. The van der Waals surface area contributed by atoms with Gasteiger partial charge in [0.25, 0.3) is 0 Å². The lowest BCUT2D eigenvalue weighted by atomic mass is 10.00. The van der Waals surface area contributed by atoms with E-state index in [9.17, 15) is 0 Å². The number of furan rings is 1. The third-order valence-corrected chi connectivity index (χ3v) is 7.24. The molecule has 1 aliphatic rings. The van der Waals surface area contributed by atoms with Crippen LogP contribution < -0.4 is 9.64 Å². The Morgan fingerprint density at radius 1 is 0.486 bits per heavy atom. The first-order valence-corrected chi connectivity index (χ1v) is 12.4. The molecule has 3 heteroatoms. The summed E-state index contributed by atoms with van der Waals surface area (Å²) in [6, 6.07) is 44.3. The van der Waals surface area contributed by atoms with Gasteiger partial charge in [-0.25, -0.2) is 0 Å². The molecule has 8 rings (SSSR count). The second kappa shape index (κ2) is 7.74. The fourth-order valence-electron chi connectivity index (χ4n) is 5.47. The van der Waals surface area contributed by atoms with Crippen LogP contribution in [-0.2, 0) is 0 Å². The summed E-state index contributed by atoms with van der Waals surface area (Å²) >= 11 is 0. The molecule has 0 amide bonds. The Morgan fingerprint density at radius 3 is 2.14 bits per heavy atom. The van der Waals surface area contributed by atoms with E-state index in [-0.39, 0.29) is 0 Å². The fraction of sp³-hybridized carbons (Fsp3) is 0. The van der Waals surface area contributed by atoms with E-state index in [0.29, 0.717) is 0 Å². The van der Waals surface area contributed by atoms with Crippen LogP contribution in [0.5, 0.6) is 11.5 Å². The number of anilines is 3. The maximum atomic E-state index is 6.59. The number of rotatable bonds is 2. The van der Waals surface area contributed by atoms with E-state index in [2.05, 4.69) is 114 Å². The molecule has 6 aromatic carbocycles. The lowest BCUT2D eigenvalue weighted by molar-refractivity contribution is 0.482. The van der Waals surface area contributed by atoms with Crippen molar-refractivity contribution in [3.63, 3.8) is 0 Å². The van der Waals surface area contributed by atoms with Gasteiger partial charge < -0.3 is 14.1 Å². The molecule has 0 atom stereocenters. The van der Waals surface area contributed by atoms with Gasteiger partial charge in [0.1, 0.15) is 11.2 Å². The normalized spacial score (nSPS) is 12.5. The average molecular weight is 476 g/mol. The van der Waals surface area contributed by atoms with Crippen LogP contribution in [0.25, 0.3) is 43.8 Å². The van der Waals surface area contributed by atoms with Crippen LogP contribution >= 0.6 is 0 Å². The minimum absolute atomic E-state index is 0.839. The number of hydrogen-bond acceptors (Lipinski definition) is 3. The molecule has 1 aliphatic heterocycles. The van der Waals surface area contributed by atoms with Crippen LogP contribution in [-0.4, -0.2) is 0 Å². The average Bonchev–Trinajstić information content (AvgIpc) is 3.34. The van der Waals surface area contributed by atoms with Crippen molar-refractivity contribution in [2.45, 2.75) is 0 Å². The third kappa shape index (κ3) is 3.08. The maximum absolute atomic E-state index is 6.59. The zero-order valence-electron chi connectivity index (χ0n) is 19.9. The van der Waals surface area contributed by atoms with Crippen molar-refractivity contribution in [2.24, 2.45) is 0 Å². The molecular formula is C34H21NO2. The van der Waals surface area contributed by atoms with E-state index >= 15 is 0 Å². The highest BCUT2D eigenvalue weighted by molar-refractivity contribution is 6.06. The van der Waals surface area contributed by atoms with Gasteiger partial charge in [0.05, 0.1) is 11.4 Å². The van der Waals surface area contributed by atoms with E-state index in [1.807, 2.05) is 18.2 Å². The molecule has 37 heavy (non-hydrogen) atoms. The Hall–Kier alpha value is -5.02. The minimum Gasteiger partial charge on any atom is -0.456 e. The molecule has 0 N–H and O–H groups in total. The van der Waals surface area contributed by atoms with Gasteiger partial charge in [-0.1, -0.05) is 78.9 Å². The Balaban J connectivity index is 1.33. The number of benzene rings is 6. The fourth-order valence-corrected chi connectivity index (χ4v) is 5.47. The number of para-hydroxylation sites is 2. The Labute approximate surface area is 213 Å². The molecular weight excluding hydrogens is 454 g/mol. The van der Waals surface area contributed by atoms with Crippen LogP contribution in [0, 0.1) is 0 Å². The number of hydrogen-bond donors (Lipinski definition) is 0. The van der Waals surface area contributed by atoms with Gasteiger partial charge in [0.15, 0.2) is 11.5 Å². The molecule has 0 radical (unpaired) electrons. The van der Waals surface area contributed by atoms with Crippen LogP contribution in [0.4, 0.5) is 17.1 Å². The molecule has 7 aromatic rings. The molecule has 2 heterocycles. The van der Waals surface area contributed by atoms with Gasteiger partial charge in [-0.15, -0.1) is 0 Å². The number of fused-ring (bicyclic) bond motifs is 7. The molecule has 0 spiro atoms. The highest BCUT2D eigenvalue weighted by Gasteiger charge is 2.27. The monoisotopic (exact) mass is 475 g/mol. The van der Waals surface area contributed by atoms with Gasteiger partial charge in [-0.05, 0) is 65.0 Å². The summed E-state index contributed by atoms with van der Waals surface area (Å²) in [6.07, 6.45) is 0. The molecule has 1 aromatic heterocycles. The van der Waals surface area contributed by atoms with Crippen molar-refractivity contribution in [3.8, 4) is 22.6 Å². The maximum Gasteiger partial charge on any atom is 0.159 e. The molecule has 0 fully saturated rings. The van der Waals surface area contributed by atoms with E-state index in [1.165, 1.54) is 0 Å². The van der Waals surface area contributed by atoms with Crippen LogP contribution in [0.3, 0.4) is 0 Å². The third-order valence-electron chi connectivity index (χ3n) is 7.24. The van der Waals surface area contributed by atoms with Gasteiger partial charge in [-0.2, -0.15) is 0 Å². The summed E-state index contributed by atoms with van der Waals surface area (Å²) in [7, 11) is 0. The summed E-state index contributed by atoms with van der Waals surface area (Å²) in [6.45, 7) is 0. The molecule has 174 valence electrons. The van der Waals surface area contributed by atoms with E-state index in [1.54, 1.807) is 0 Å². The van der Waals surface area contributed by atoms with Crippen molar-refractivity contribution in [1.82, 2.24) is 0 Å². The second-order valence-electron chi connectivity index (χ2n) is 9.40. The van der Waals surface area contributed by atoms with Gasteiger partial charge in [-0.3, -0.25) is 0 Å². The smallest absolute Gasteiger partial charge is 0.159 e. The molecule has 0 bridgehead atoms. The number of ether oxygens (including phenoxy) is 1. The zero-order valence-corrected chi connectivity index (χ0v) is 19.9.